The third kappa shape index (κ3) is 6.07. The maximum absolute atomic E-state index is 12.3. The van der Waals surface area contributed by atoms with E-state index in [0.717, 1.165) is 11.1 Å². The number of nitrogens with one attached hydrogen (secondary N) is 1. The van der Waals surface area contributed by atoms with E-state index in [-0.39, 0.29) is 5.78 Å². The van der Waals surface area contributed by atoms with Crippen LogP contribution in [0.4, 0.5) is 5.69 Å². The molecule has 1 N–H and O–H groups in total. The molecule has 1 atom stereocenters. The van der Waals surface area contributed by atoms with Crippen molar-refractivity contribution in [1.82, 2.24) is 0 Å². The minimum absolute atomic E-state index is 0.113. The molecular weight excluding hydrogens is 374 g/mol. The lowest BCUT2D eigenvalue weighted by Crippen LogP contribution is -2.31. The lowest BCUT2D eigenvalue weighted by molar-refractivity contribution is -0.155. The standard InChI is InChI=1S/C22H25NO6/c1-13-6-8-18(14(2)10-13)23-22(26)16(4)29-21(25)12-28-19-9-7-17(15(3)24)11-20(19)27-5/h6-11,16H,12H2,1-5H3,(H,23,26)/t16-/m1/s1. The summed E-state index contributed by atoms with van der Waals surface area (Å²) < 4.78 is 15.7. The molecule has 2 aromatic carbocycles. The van der Waals surface area contributed by atoms with Crippen molar-refractivity contribution in [1.29, 1.82) is 0 Å². The number of ketones is 1. The Morgan fingerprint density at radius 3 is 2.38 bits per heavy atom. The number of anilines is 1. The van der Waals surface area contributed by atoms with E-state index in [1.807, 2.05) is 26.0 Å². The number of amides is 1. The van der Waals surface area contributed by atoms with Crippen LogP contribution in [0.3, 0.4) is 0 Å². The van der Waals surface area contributed by atoms with Crippen molar-refractivity contribution in [3.8, 4) is 11.5 Å². The Morgan fingerprint density at radius 1 is 1.03 bits per heavy atom. The van der Waals surface area contributed by atoms with Crippen molar-refractivity contribution in [2.45, 2.75) is 33.8 Å². The van der Waals surface area contributed by atoms with Crippen LogP contribution in [0.15, 0.2) is 36.4 Å². The average molecular weight is 399 g/mol. The van der Waals surface area contributed by atoms with Gasteiger partial charge in [0.05, 0.1) is 7.11 Å². The minimum atomic E-state index is -0.992. The SMILES string of the molecule is COc1cc(C(C)=O)ccc1OCC(=O)O[C@H](C)C(=O)Nc1ccc(C)cc1C. The summed E-state index contributed by atoms with van der Waals surface area (Å²) in [7, 11) is 1.43. The smallest absolute Gasteiger partial charge is 0.344 e. The Bertz CT molecular complexity index is 922. The third-order valence-corrected chi connectivity index (χ3v) is 4.23. The number of aryl methyl sites for hydroxylation is 2. The molecule has 29 heavy (non-hydrogen) atoms. The normalized spacial score (nSPS) is 11.3. The highest BCUT2D eigenvalue weighted by Crippen LogP contribution is 2.28. The zero-order valence-corrected chi connectivity index (χ0v) is 17.2. The number of hydrogen-bond donors (Lipinski definition) is 1. The largest absolute Gasteiger partial charge is 0.493 e. The number of carbonyl (C=O) groups is 3. The molecule has 0 bridgehead atoms. The van der Waals surface area contributed by atoms with Crippen molar-refractivity contribution in [3.63, 3.8) is 0 Å². The van der Waals surface area contributed by atoms with Crippen LogP contribution in [0, 0.1) is 13.8 Å². The van der Waals surface area contributed by atoms with Crippen LogP contribution in [0.5, 0.6) is 11.5 Å². The summed E-state index contributed by atoms with van der Waals surface area (Å²) in [6.07, 6.45) is -0.992. The second kappa shape index (κ2) is 9.73. The van der Waals surface area contributed by atoms with Gasteiger partial charge >= 0.3 is 5.97 Å². The van der Waals surface area contributed by atoms with Crippen molar-refractivity contribution < 1.29 is 28.6 Å². The molecule has 0 aromatic heterocycles. The molecule has 0 fully saturated rings. The Morgan fingerprint density at radius 2 is 1.76 bits per heavy atom. The lowest BCUT2D eigenvalue weighted by Gasteiger charge is -2.16. The number of esters is 1. The van der Waals surface area contributed by atoms with Crippen molar-refractivity contribution in [2.75, 3.05) is 19.0 Å². The van der Waals surface area contributed by atoms with Gasteiger partial charge in [0.2, 0.25) is 0 Å². The predicted octanol–water partition coefficient (Wildman–Crippen LogP) is 3.46. The number of Topliss-reactive ketones (excluding diaryl/α,β-unsaturated/α-hetero) is 1. The summed E-state index contributed by atoms with van der Waals surface area (Å²) >= 11 is 0. The average Bonchev–Trinajstić information content (AvgIpc) is 2.68. The molecule has 0 saturated heterocycles. The van der Waals surface area contributed by atoms with E-state index in [4.69, 9.17) is 14.2 Å². The molecule has 2 aromatic rings. The first kappa shape index (κ1) is 21.9. The van der Waals surface area contributed by atoms with Gasteiger partial charge in [-0.15, -0.1) is 0 Å². The fraction of sp³-hybridized carbons (Fsp3) is 0.318. The summed E-state index contributed by atoms with van der Waals surface area (Å²) in [6, 6.07) is 10.3. The highest BCUT2D eigenvalue weighted by atomic mass is 16.6. The summed E-state index contributed by atoms with van der Waals surface area (Å²) in [5, 5.41) is 2.74. The molecule has 0 saturated carbocycles. The van der Waals surface area contributed by atoms with Gasteiger partial charge in [-0.1, -0.05) is 17.7 Å². The van der Waals surface area contributed by atoms with Crippen LogP contribution in [0.1, 0.15) is 35.3 Å². The van der Waals surface area contributed by atoms with Gasteiger partial charge in [0.25, 0.3) is 5.91 Å². The van der Waals surface area contributed by atoms with Crippen LogP contribution < -0.4 is 14.8 Å². The van der Waals surface area contributed by atoms with E-state index in [2.05, 4.69) is 5.32 Å². The molecule has 2 rings (SSSR count). The molecule has 0 aliphatic heterocycles. The number of ether oxygens (including phenoxy) is 3. The van der Waals surface area contributed by atoms with E-state index in [0.29, 0.717) is 22.7 Å². The van der Waals surface area contributed by atoms with Crippen LogP contribution in [-0.2, 0) is 14.3 Å². The second-order valence-corrected chi connectivity index (χ2v) is 6.65. The minimum Gasteiger partial charge on any atom is -0.493 e. The first-order valence-electron chi connectivity index (χ1n) is 9.10. The molecule has 0 aliphatic carbocycles. The summed E-state index contributed by atoms with van der Waals surface area (Å²) in [5.74, 6) is -0.634. The van der Waals surface area contributed by atoms with E-state index >= 15 is 0 Å². The molecule has 0 heterocycles. The first-order chi connectivity index (χ1) is 13.7. The fourth-order valence-corrected chi connectivity index (χ4v) is 2.62. The van der Waals surface area contributed by atoms with Crippen molar-refractivity contribution in [2.24, 2.45) is 0 Å². The highest BCUT2D eigenvalue weighted by Gasteiger charge is 2.19. The van der Waals surface area contributed by atoms with E-state index < -0.39 is 24.6 Å². The van der Waals surface area contributed by atoms with Gasteiger partial charge in [-0.3, -0.25) is 9.59 Å². The monoisotopic (exact) mass is 399 g/mol. The first-order valence-corrected chi connectivity index (χ1v) is 9.10. The number of carbonyl (C=O) groups excluding carboxylic acids is 3. The molecule has 0 radical (unpaired) electrons. The third-order valence-electron chi connectivity index (χ3n) is 4.23. The lowest BCUT2D eigenvalue weighted by atomic mass is 10.1. The van der Waals surface area contributed by atoms with Crippen molar-refractivity contribution in [3.05, 3.63) is 53.1 Å². The zero-order chi connectivity index (χ0) is 21.6. The van der Waals surface area contributed by atoms with Gasteiger partial charge in [-0.25, -0.2) is 4.79 Å². The van der Waals surface area contributed by atoms with Gasteiger partial charge < -0.3 is 19.5 Å². The Kier molecular flexibility index (Phi) is 7.36. The molecule has 0 unspecified atom stereocenters. The van der Waals surface area contributed by atoms with Gasteiger partial charge in [-0.05, 0) is 57.5 Å². The van der Waals surface area contributed by atoms with Crippen LogP contribution in [0.2, 0.25) is 0 Å². The highest BCUT2D eigenvalue weighted by molar-refractivity contribution is 5.96. The number of hydrogen-bond acceptors (Lipinski definition) is 6. The van der Waals surface area contributed by atoms with Gasteiger partial charge in [0, 0.05) is 11.3 Å². The molecule has 154 valence electrons. The topological polar surface area (TPSA) is 90.9 Å². The van der Waals surface area contributed by atoms with Crippen LogP contribution in [0.25, 0.3) is 0 Å². The maximum Gasteiger partial charge on any atom is 0.344 e. The summed E-state index contributed by atoms with van der Waals surface area (Å²) in [4.78, 5) is 35.8. The quantitative estimate of drug-likeness (QED) is 0.540. The van der Waals surface area contributed by atoms with Gasteiger partial charge in [0.1, 0.15) is 0 Å². The van der Waals surface area contributed by atoms with Crippen molar-refractivity contribution >= 4 is 23.3 Å². The molecular formula is C22H25NO6. The van der Waals surface area contributed by atoms with Gasteiger partial charge in [0.15, 0.2) is 30.0 Å². The summed E-state index contributed by atoms with van der Waals surface area (Å²) in [5.41, 5.74) is 3.13. The van der Waals surface area contributed by atoms with E-state index in [1.54, 1.807) is 18.2 Å². The van der Waals surface area contributed by atoms with Crippen LogP contribution in [-0.4, -0.2) is 37.5 Å². The Labute approximate surface area is 170 Å². The second-order valence-electron chi connectivity index (χ2n) is 6.65. The number of methoxy groups -OCH3 is 1. The number of benzene rings is 2. The summed E-state index contributed by atoms with van der Waals surface area (Å²) in [6.45, 7) is 6.37. The van der Waals surface area contributed by atoms with E-state index in [1.165, 1.54) is 27.0 Å². The maximum atomic E-state index is 12.3. The Balaban J connectivity index is 1.91. The molecule has 0 spiro atoms. The predicted molar refractivity (Wildman–Crippen MR) is 109 cm³/mol. The molecule has 1 amide bonds. The van der Waals surface area contributed by atoms with E-state index in [9.17, 15) is 14.4 Å². The Hall–Kier alpha value is -3.35. The zero-order valence-electron chi connectivity index (χ0n) is 17.2. The number of rotatable bonds is 8. The molecule has 7 heteroatoms. The molecule has 0 aliphatic rings. The van der Waals surface area contributed by atoms with Gasteiger partial charge in [-0.2, -0.15) is 0 Å². The van der Waals surface area contributed by atoms with Crippen LogP contribution >= 0.6 is 0 Å². The fourth-order valence-electron chi connectivity index (χ4n) is 2.62. The molecule has 7 nitrogen and oxygen atoms in total.